The number of nitrogens with one attached hydrogen (secondary N) is 1. The second-order valence-electron chi connectivity index (χ2n) is 6.08. The third-order valence-corrected chi connectivity index (χ3v) is 6.78. The molecule has 1 amide bonds. The summed E-state index contributed by atoms with van der Waals surface area (Å²) in [5.41, 5.74) is 2.81. The minimum absolute atomic E-state index is 0.0979. The smallest absolute Gasteiger partial charge is 0.257 e. The number of rotatable bonds is 5. The van der Waals surface area contributed by atoms with Crippen LogP contribution in [0.2, 0.25) is 0 Å². The summed E-state index contributed by atoms with van der Waals surface area (Å²) < 4.78 is 0. The van der Waals surface area contributed by atoms with E-state index in [1.165, 1.54) is 46.8 Å². The van der Waals surface area contributed by atoms with Crippen LogP contribution in [0.4, 0.5) is 0 Å². The van der Waals surface area contributed by atoms with Crippen LogP contribution >= 0.6 is 23.1 Å². The van der Waals surface area contributed by atoms with E-state index in [9.17, 15) is 4.79 Å². The average molecular weight is 337 g/mol. The summed E-state index contributed by atoms with van der Waals surface area (Å²) >= 11 is 3.48. The summed E-state index contributed by atoms with van der Waals surface area (Å²) in [6.07, 6.45) is 5.78. The molecule has 2 aliphatic rings. The Morgan fingerprint density at radius 2 is 2.09 bits per heavy atom. The number of amides is 1. The van der Waals surface area contributed by atoms with Crippen LogP contribution in [0, 0.1) is 13.8 Å². The highest BCUT2D eigenvalue weighted by Crippen LogP contribution is 2.39. The van der Waals surface area contributed by atoms with Crippen molar-refractivity contribution >= 4 is 35.1 Å². The highest BCUT2D eigenvalue weighted by atomic mass is 32.2. The molecule has 2 aliphatic heterocycles. The molecular weight excluding hydrogens is 312 g/mol. The normalized spacial score (nSPS) is 18.2. The van der Waals surface area contributed by atoms with Crippen molar-refractivity contribution in [2.45, 2.75) is 38.9 Å². The van der Waals surface area contributed by atoms with Crippen LogP contribution in [0.3, 0.4) is 0 Å². The van der Waals surface area contributed by atoms with Gasteiger partial charge >= 0.3 is 0 Å². The van der Waals surface area contributed by atoms with Crippen molar-refractivity contribution in [3.05, 3.63) is 25.8 Å². The molecule has 0 spiro atoms. The van der Waals surface area contributed by atoms with Gasteiger partial charge in [-0.05, 0) is 69.9 Å². The van der Waals surface area contributed by atoms with Crippen LogP contribution in [0.5, 0.6) is 0 Å². The monoisotopic (exact) mass is 336 g/mol. The minimum Gasteiger partial charge on any atom is -0.352 e. The van der Waals surface area contributed by atoms with Gasteiger partial charge in [-0.3, -0.25) is 4.79 Å². The first kappa shape index (κ1) is 16.1. The third kappa shape index (κ3) is 3.58. The fourth-order valence-electron chi connectivity index (χ4n) is 3.04. The van der Waals surface area contributed by atoms with Crippen LogP contribution in [-0.2, 0) is 10.5 Å². The molecule has 3 nitrogen and oxygen atoms in total. The summed E-state index contributed by atoms with van der Waals surface area (Å²) in [5, 5.41) is 3.08. The van der Waals surface area contributed by atoms with E-state index in [-0.39, 0.29) is 5.91 Å². The van der Waals surface area contributed by atoms with Crippen molar-refractivity contribution in [3.63, 3.8) is 0 Å². The molecule has 1 aromatic rings. The zero-order valence-electron chi connectivity index (χ0n) is 13.4. The topological polar surface area (TPSA) is 32.3 Å². The van der Waals surface area contributed by atoms with Gasteiger partial charge < -0.3 is 10.2 Å². The van der Waals surface area contributed by atoms with Crippen molar-refractivity contribution in [1.29, 1.82) is 0 Å². The number of thiophene rings is 1. The van der Waals surface area contributed by atoms with Gasteiger partial charge in [-0.15, -0.1) is 23.1 Å². The number of fused-ring (bicyclic) bond motifs is 1. The van der Waals surface area contributed by atoms with Crippen LogP contribution in [0.25, 0.3) is 6.08 Å². The van der Waals surface area contributed by atoms with E-state index in [2.05, 4.69) is 30.1 Å². The van der Waals surface area contributed by atoms with Gasteiger partial charge in [-0.1, -0.05) is 0 Å². The number of carbonyl (C=O) groups is 1. The molecular formula is C17H24N2OS2. The molecule has 0 unspecified atom stereocenters. The van der Waals surface area contributed by atoms with Crippen LogP contribution in [0.15, 0.2) is 4.91 Å². The van der Waals surface area contributed by atoms with Crippen molar-refractivity contribution in [3.8, 4) is 0 Å². The molecule has 0 radical (unpaired) electrons. The maximum Gasteiger partial charge on any atom is 0.257 e. The summed E-state index contributed by atoms with van der Waals surface area (Å²) in [5.74, 6) is 1.03. The molecule has 0 bridgehead atoms. The fourth-order valence-corrected chi connectivity index (χ4v) is 5.41. The lowest BCUT2D eigenvalue weighted by Crippen LogP contribution is -2.29. The first-order chi connectivity index (χ1) is 10.6. The van der Waals surface area contributed by atoms with Crippen molar-refractivity contribution in [1.82, 2.24) is 10.2 Å². The molecule has 0 saturated carbocycles. The van der Waals surface area contributed by atoms with E-state index < -0.39 is 0 Å². The molecule has 22 heavy (non-hydrogen) atoms. The number of hydrogen-bond donors (Lipinski definition) is 1. The molecule has 0 atom stereocenters. The molecule has 0 aromatic carbocycles. The predicted molar refractivity (Wildman–Crippen MR) is 96.4 cm³/mol. The highest BCUT2D eigenvalue weighted by molar-refractivity contribution is 8.03. The number of likely N-dealkylation sites (tertiary alicyclic amines) is 1. The Morgan fingerprint density at radius 3 is 2.86 bits per heavy atom. The molecule has 3 heterocycles. The Bertz CT molecular complexity index is 586. The third-order valence-electron chi connectivity index (χ3n) is 4.53. The predicted octanol–water partition coefficient (Wildman–Crippen LogP) is 3.55. The van der Waals surface area contributed by atoms with Gasteiger partial charge in [0.15, 0.2) is 0 Å². The van der Waals surface area contributed by atoms with Crippen LogP contribution in [-0.4, -0.2) is 37.0 Å². The summed E-state index contributed by atoms with van der Waals surface area (Å²) in [7, 11) is 0. The van der Waals surface area contributed by atoms with Crippen molar-refractivity contribution < 1.29 is 4.79 Å². The maximum atomic E-state index is 12.3. The van der Waals surface area contributed by atoms with Gasteiger partial charge in [0.25, 0.3) is 5.91 Å². The van der Waals surface area contributed by atoms with Gasteiger partial charge in [0, 0.05) is 22.1 Å². The summed E-state index contributed by atoms with van der Waals surface area (Å²) in [6.45, 7) is 8.70. The zero-order valence-corrected chi connectivity index (χ0v) is 15.0. The molecule has 120 valence electrons. The van der Waals surface area contributed by atoms with Gasteiger partial charge in [-0.2, -0.15) is 0 Å². The maximum absolute atomic E-state index is 12.3. The highest BCUT2D eigenvalue weighted by Gasteiger charge is 2.20. The molecule has 0 aliphatic carbocycles. The lowest BCUT2D eigenvalue weighted by molar-refractivity contribution is -0.116. The lowest BCUT2D eigenvalue weighted by atomic mass is 10.1. The first-order valence-corrected chi connectivity index (χ1v) is 9.89. The standard InChI is InChI=1S/C17H24N2OS2/c1-12-13(2)22-15-10-16(21-11-14(12)15)17(20)18-6-5-9-19-7-3-4-8-19/h10H,3-9,11H2,1-2H3,(H,18,20). The number of nitrogens with zero attached hydrogens (tertiary/aromatic N) is 1. The van der Waals surface area contributed by atoms with Gasteiger partial charge in [0.05, 0.1) is 4.91 Å². The largest absolute Gasteiger partial charge is 0.352 e. The van der Waals surface area contributed by atoms with Gasteiger partial charge in [0.2, 0.25) is 0 Å². The van der Waals surface area contributed by atoms with E-state index >= 15 is 0 Å². The van der Waals surface area contributed by atoms with Crippen LogP contribution < -0.4 is 5.32 Å². The summed E-state index contributed by atoms with van der Waals surface area (Å²) in [4.78, 5) is 18.3. The molecule has 1 fully saturated rings. The Kier molecular flexibility index (Phi) is 5.26. The number of carbonyl (C=O) groups excluding carboxylic acids is 1. The van der Waals surface area contributed by atoms with Crippen molar-refractivity contribution in [2.75, 3.05) is 26.2 Å². The number of aryl methyl sites for hydroxylation is 1. The first-order valence-electron chi connectivity index (χ1n) is 8.09. The summed E-state index contributed by atoms with van der Waals surface area (Å²) in [6, 6.07) is 0. The average Bonchev–Trinajstić information content (AvgIpc) is 3.12. The van der Waals surface area contributed by atoms with E-state index in [0.29, 0.717) is 0 Å². The Labute approximate surface area is 141 Å². The van der Waals surface area contributed by atoms with Crippen molar-refractivity contribution in [2.24, 2.45) is 0 Å². The minimum atomic E-state index is 0.0979. The van der Waals surface area contributed by atoms with Gasteiger partial charge in [0.1, 0.15) is 0 Å². The van der Waals surface area contributed by atoms with Crippen LogP contribution in [0.1, 0.15) is 40.1 Å². The van der Waals surface area contributed by atoms with E-state index in [1.807, 2.05) is 0 Å². The molecule has 1 N–H and O–H groups in total. The Hall–Kier alpha value is -0.780. The zero-order chi connectivity index (χ0) is 15.5. The van der Waals surface area contributed by atoms with E-state index in [4.69, 9.17) is 0 Å². The fraction of sp³-hybridized carbons (Fsp3) is 0.588. The Morgan fingerprint density at radius 1 is 1.32 bits per heavy atom. The number of hydrogen-bond acceptors (Lipinski definition) is 4. The number of thioether (sulfide) groups is 1. The lowest BCUT2D eigenvalue weighted by Gasteiger charge is -2.16. The SMILES string of the molecule is Cc1sc2c(c1C)CSC(C(=O)NCCCN1CCCC1)=C2. The molecule has 1 saturated heterocycles. The second kappa shape index (κ2) is 7.20. The van der Waals surface area contributed by atoms with E-state index in [0.717, 1.165) is 30.2 Å². The molecule has 3 rings (SSSR count). The van der Waals surface area contributed by atoms with Gasteiger partial charge in [-0.25, -0.2) is 0 Å². The Balaban J connectivity index is 1.50. The second-order valence-corrected chi connectivity index (χ2v) is 8.36. The quantitative estimate of drug-likeness (QED) is 0.835. The van der Waals surface area contributed by atoms with E-state index in [1.54, 1.807) is 23.1 Å². The molecule has 5 heteroatoms. The molecule has 1 aromatic heterocycles.